The molecule has 0 unspecified atom stereocenters. The summed E-state index contributed by atoms with van der Waals surface area (Å²) in [4.78, 5) is 14.1. The van der Waals surface area contributed by atoms with Crippen LogP contribution in [0.1, 0.15) is 12.8 Å². The Labute approximate surface area is 137 Å². The maximum absolute atomic E-state index is 12.0. The second-order valence-corrected chi connectivity index (χ2v) is 6.40. The van der Waals surface area contributed by atoms with Crippen molar-refractivity contribution in [2.45, 2.75) is 18.9 Å². The van der Waals surface area contributed by atoms with Gasteiger partial charge in [0, 0.05) is 18.3 Å². The first-order chi connectivity index (χ1) is 10.5. The van der Waals surface area contributed by atoms with Crippen molar-refractivity contribution >= 4 is 23.4 Å². The minimum Gasteiger partial charge on any atom is -0.493 e. The number of nitrogens with one attached hydrogen (secondary N) is 1. The molecule has 124 valence electrons. The first-order valence-corrected chi connectivity index (χ1v) is 8.85. The van der Waals surface area contributed by atoms with Crippen LogP contribution in [0.5, 0.6) is 5.75 Å². The number of thioether (sulfide) groups is 1. The third-order valence-electron chi connectivity index (χ3n) is 3.09. The van der Waals surface area contributed by atoms with Crippen LogP contribution in [0.4, 0.5) is 5.69 Å². The Kier molecular flexibility index (Phi) is 8.96. The smallest absolute Gasteiger partial charge is 0.241 e. The van der Waals surface area contributed by atoms with Crippen LogP contribution in [0.15, 0.2) is 24.3 Å². The summed E-state index contributed by atoms with van der Waals surface area (Å²) in [5, 5.41) is 2.84. The zero-order chi connectivity index (χ0) is 16.4. The van der Waals surface area contributed by atoms with Crippen LogP contribution in [0.3, 0.4) is 0 Å². The van der Waals surface area contributed by atoms with E-state index in [1.165, 1.54) is 0 Å². The average molecular weight is 325 g/mol. The van der Waals surface area contributed by atoms with Crippen molar-refractivity contribution in [2.75, 3.05) is 44.6 Å². The molecule has 0 radical (unpaired) electrons. The lowest BCUT2D eigenvalue weighted by molar-refractivity contribution is -0.117. The monoisotopic (exact) mass is 325 g/mol. The highest BCUT2D eigenvalue weighted by Gasteiger charge is 2.13. The fourth-order valence-corrected chi connectivity index (χ4v) is 2.33. The Balaban J connectivity index is 2.44. The lowest BCUT2D eigenvalue weighted by Gasteiger charge is -2.13. The van der Waals surface area contributed by atoms with Gasteiger partial charge in [0.1, 0.15) is 5.75 Å². The maximum Gasteiger partial charge on any atom is 0.241 e. The van der Waals surface area contributed by atoms with Crippen LogP contribution in [0.25, 0.3) is 0 Å². The summed E-state index contributed by atoms with van der Waals surface area (Å²) < 4.78 is 5.69. The lowest BCUT2D eigenvalue weighted by Crippen LogP contribution is -2.36. The molecule has 0 fully saturated rings. The predicted molar refractivity (Wildman–Crippen MR) is 94.7 cm³/mol. The molecule has 0 saturated carbocycles. The van der Waals surface area contributed by atoms with E-state index >= 15 is 0 Å². The van der Waals surface area contributed by atoms with Crippen molar-refractivity contribution in [2.24, 2.45) is 5.73 Å². The summed E-state index contributed by atoms with van der Waals surface area (Å²) in [7, 11) is 4.08. The van der Waals surface area contributed by atoms with Gasteiger partial charge in [-0.1, -0.05) is 6.07 Å². The van der Waals surface area contributed by atoms with Crippen molar-refractivity contribution in [1.82, 2.24) is 4.90 Å². The molecular formula is C16H27N3O2S. The highest BCUT2D eigenvalue weighted by atomic mass is 32.2. The van der Waals surface area contributed by atoms with Gasteiger partial charge in [-0.05, 0) is 51.1 Å². The number of carbonyl (C=O) groups is 1. The summed E-state index contributed by atoms with van der Waals surface area (Å²) >= 11 is 1.69. The summed E-state index contributed by atoms with van der Waals surface area (Å²) in [6.45, 7) is 1.64. The van der Waals surface area contributed by atoms with E-state index in [2.05, 4.69) is 10.2 Å². The molecule has 0 heterocycles. The van der Waals surface area contributed by atoms with E-state index in [1.807, 2.05) is 44.6 Å². The molecule has 1 rings (SSSR count). The zero-order valence-corrected chi connectivity index (χ0v) is 14.5. The number of carbonyl (C=O) groups excluding carboxylic acids is 1. The first kappa shape index (κ1) is 18.8. The van der Waals surface area contributed by atoms with Crippen LogP contribution in [-0.2, 0) is 4.79 Å². The minimum atomic E-state index is -0.475. The molecule has 0 bridgehead atoms. The quantitative estimate of drug-likeness (QED) is 0.644. The van der Waals surface area contributed by atoms with Gasteiger partial charge in [0.25, 0.3) is 0 Å². The van der Waals surface area contributed by atoms with Gasteiger partial charge in [0.15, 0.2) is 0 Å². The van der Waals surface area contributed by atoms with Crippen molar-refractivity contribution < 1.29 is 9.53 Å². The second kappa shape index (κ2) is 10.5. The Morgan fingerprint density at radius 1 is 1.45 bits per heavy atom. The maximum atomic E-state index is 12.0. The Morgan fingerprint density at radius 2 is 2.23 bits per heavy atom. The minimum absolute atomic E-state index is 0.154. The van der Waals surface area contributed by atoms with Gasteiger partial charge in [-0.2, -0.15) is 11.8 Å². The zero-order valence-electron chi connectivity index (χ0n) is 13.7. The van der Waals surface area contributed by atoms with Gasteiger partial charge >= 0.3 is 0 Å². The van der Waals surface area contributed by atoms with Crippen LogP contribution in [0.2, 0.25) is 0 Å². The van der Waals surface area contributed by atoms with Crippen LogP contribution in [0, 0.1) is 0 Å². The molecule has 0 spiro atoms. The number of hydrogen-bond acceptors (Lipinski definition) is 5. The van der Waals surface area contributed by atoms with Crippen molar-refractivity contribution in [1.29, 1.82) is 0 Å². The molecule has 1 aromatic carbocycles. The number of anilines is 1. The highest BCUT2D eigenvalue weighted by Crippen LogP contribution is 2.18. The second-order valence-electron chi connectivity index (χ2n) is 5.41. The van der Waals surface area contributed by atoms with E-state index in [1.54, 1.807) is 11.8 Å². The Hall–Kier alpha value is -1.24. The molecule has 22 heavy (non-hydrogen) atoms. The molecule has 0 aliphatic heterocycles. The molecule has 6 heteroatoms. The number of ether oxygens (including phenoxy) is 1. The van der Waals surface area contributed by atoms with Crippen LogP contribution < -0.4 is 15.8 Å². The number of amides is 1. The first-order valence-electron chi connectivity index (χ1n) is 7.46. The Bertz CT molecular complexity index is 455. The molecule has 1 amide bonds. The average Bonchev–Trinajstić information content (AvgIpc) is 2.49. The van der Waals surface area contributed by atoms with Gasteiger partial charge in [-0.3, -0.25) is 4.79 Å². The van der Waals surface area contributed by atoms with E-state index in [-0.39, 0.29) is 5.91 Å². The number of hydrogen-bond donors (Lipinski definition) is 2. The van der Waals surface area contributed by atoms with Gasteiger partial charge in [-0.25, -0.2) is 0 Å². The summed E-state index contributed by atoms with van der Waals surface area (Å²) in [5.74, 6) is 1.48. The van der Waals surface area contributed by atoms with Crippen molar-refractivity contribution in [3.05, 3.63) is 24.3 Å². The largest absolute Gasteiger partial charge is 0.493 e. The van der Waals surface area contributed by atoms with Gasteiger partial charge in [0.05, 0.1) is 12.6 Å². The SMILES string of the molecule is CSCC[C@H](N)C(=O)Nc1cccc(OCCCN(C)C)c1. The van der Waals surface area contributed by atoms with Crippen LogP contribution in [-0.4, -0.2) is 56.1 Å². The van der Waals surface area contributed by atoms with E-state index < -0.39 is 6.04 Å². The number of benzene rings is 1. The topological polar surface area (TPSA) is 67.6 Å². The molecule has 1 atom stereocenters. The van der Waals surface area contributed by atoms with Crippen LogP contribution >= 0.6 is 11.8 Å². The molecular weight excluding hydrogens is 298 g/mol. The fraction of sp³-hybridized carbons (Fsp3) is 0.562. The summed E-state index contributed by atoms with van der Waals surface area (Å²) in [5.41, 5.74) is 6.57. The molecule has 0 aliphatic rings. The number of nitrogens with two attached hydrogens (primary N) is 1. The molecule has 1 aromatic rings. The van der Waals surface area contributed by atoms with Gasteiger partial charge < -0.3 is 20.7 Å². The number of nitrogens with zero attached hydrogens (tertiary/aromatic N) is 1. The molecule has 3 N–H and O–H groups in total. The third kappa shape index (κ3) is 7.68. The van der Waals surface area contributed by atoms with Gasteiger partial charge in [-0.15, -0.1) is 0 Å². The normalized spacial score (nSPS) is 12.2. The van der Waals surface area contributed by atoms with E-state index in [9.17, 15) is 4.79 Å². The van der Waals surface area contributed by atoms with E-state index in [0.29, 0.717) is 13.0 Å². The van der Waals surface area contributed by atoms with Gasteiger partial charge in [0.2, 0.25) is 5.91 Å². The van der Waals surface area contributed by atoms with E-state index in [0.717, 1.165) is 30.2 Å². The Morgan fingerprint density at radius 3 is 2.91 bits per heavy atom. The van der Waals surface area contributed by atoms with Crippen molar-refractivity contribution in [3.63, 3.8) is 0 Å². The fourth-order valence-electron chi connectivity index (χ4n) is 1.85. The molecule has 0 saturated heterocycles. The van der Waals surface area contributed by atoms with E-state index in [4.69, 9.17) is 10.5 Å². The lowest BCUT2D eigenvalue weighted by atomic mass is 10.2. The standard InChI is InChI=1S/C16H27N3O2S/c1-19(2)9-5-10-21-14-7-4-6-13(12-14)18-16(20)15(17)8-11-22-3/h4,6-7,12,15H,5,8-11,17H2,1-3H3,(H,18,20)/t15-/m0/s1. The summed E-state index contributed by atoms with van der Waals surface area (Å²) in [6, 6.07) is 6.95. The molecule has 0 aromatic heterocycles. The molecule has 0 aliphatic carbocycles. The summed E-state index contributed by atoms with van der Waals surface area (Å²) in [6.07, 6.45) is 3.64. The number of rotatable bonds is 10. The van der Waals surface area contributed by atoms with Crippen molar-refractivity contribution in [3.8, 4) is 5.75 Å². The predicted octanol–water partition coefficient (Wildman–Crippen LogP) is 2.04. The molecule has 5 nitrogen and oxygen atoms in total. The third-order valence-corrected chi connectivity index (χ3v) is 3.73. The highest BCUT2D eigenvalue weighted by molar-refractivity contribution is 7.98.